The van der Waals surface area contributed by atoms with Crippen LogP contribution in [0.1, 0.15) is 57.2 Å². The molecule has 0 bridgehead atoms. The minimum atomic E-state index is -0.489. The highest BCUT2D eigenvalue weighted by Crippen LogP contribution is 2.47. The highest BCUT2D eigenvalue weighted by molar-refractivity contribution is 9.10. The molecule has 0 aromatic heterocycles. The zero-order valence-corrected chi connectivity index (χ0v) is 20.0. The highest BCUT2D eigenvalue weighted by Gasteiger charge is 2.41. The number of benzene rings is 1. The van der Waals surface area contributed by atoms with Crippen molar-refractivity contribution in [3.8, 4) is 11.5 Å². The van der Waals surface area contributed by atoms with Crippen LogP contribution in [-0.2, 0) is 15.9 Å². The van der Waals surface area contributed by atoms with Crippen LogP contribution in [0.3, 0.4) is 0 Å². The van der Waals surface area contributed by atoms with Crippen LogP contribution in [0.25, 0.3) is 0 Å². The fourth-order valence-corrected chi connectivity index (χ4v) is 5.24. The number of ether oxygens (including phenoxy) is 4. The quantitative estimate of drug-likeness (QED) is 0.594. The number of piperidine rings is 1. The van der Waals surface area contributed by atoms with Crippen LogP contribution in [0.15, 0.2) is 10.5 Å². The van der Waals surface area contributed by atoms with Gasteiger partial charge in [0.1, 0.15) is 6.61 Å². The van der Waals surface area contributed by atoms with E-state index < -0.39 is 6.10 Å². The molecule has 4 rings (SSSR count). The first-order chi connectivity index (χ1) is 14.3. The second kappa shape index (κ2) is 8.94. The summed E-state index contributed by atoms with van der Waals surface area (Å²) < 4.78 is 24.5. The molecule has 1 saturated heterocycles. The molecule has 1 N–H and O–H groups in total. The molecule has 7 heteroatoms. The summed E-state index contributed by atoms with van der Waals surface area (Å²) in [7, 11) is 1.67. The summed E-state index contributed by atoms with van der Waals surface area (Å²) in [6.07, 6.45) is 3.67. The molecule has 1 saturated carbocycles. The average Bonchev–Trinajstić information content (AvgIpc) is 3.50. The summed E-state index contributed by atoms with van der Waals surface area (Å²) >= 11 is 3.78. The third-order valence-electron chi connectivity index (χ3n) is 6.01. The van der Waals surface area contributed by atoms with Gasteiger partial charge in [-0.15, -0.1) is 0 Å². The molecule has 168 valence electrons. The number of aliphatic hydroxyl groups excluding tert-OH is 1. The SMILES string of the molecule is COc1cc2c(c(Br)c1OCCOC1CC1)CCN1C[C@@H](OC(C)(C)C)[C@H](O)C[C@H]21. The number of hydrogen-bond donors (Lipinski definition) is 1. The second-order valence-corrected chi connectivity index (χ2v) is 10.3. The lowest BCUT2D eigenvalue weighted by molar-refractivity contribution is -0.149. The number of nitrogens with zero attached hydrogens (tertiary/aromatic N) is 1. The largest absolute Gasteiger partial charge is 0.493 e. The lowest BCUT2D eigenvalue weighted by Gasteiger charge is -2.47. The molecular weight excluding hydrogens is 450 g/mol. The Bertz CT molecular complexity index is 761. The Morgan fingerprint density at radius 1 is 1.23 bits per heavy atom. The van der Waals surface area contributed by atoms with Gasteiger partial charge in [-0.25, -0.2) is 0 Å². The van der Waals surface area contributed by atoms with Crippen molar-refractivity contribution >= 4 is 15.9 Å². The van der Waals surface area contributed by atoms with Gasteiger partial charge in [0.15, 0.2) is 11.5 Å². The molecule has 3 aliphatic rings. The monoisotopic (exact) mass is 483 g/mol. The van der Waals surface area contributed by atoms with E-state index in [1.54, 1.807) is 7.11 Å². The Morgan fingerprint density at radius 2 is 2.00 bits per heavy atom. The third-order valence-corrected chi connectivity index (χ3v) is 6.85. The Labute approximate surface area is 187 Å². The van der Waals surface area contributed by atoms with E-state index in [0.717, 1.165) is 48.3 Å². The molecule has 6 nitrogen and oxygen atoms in total. The van der Waals surface area contributed by atoms with E-state index in [-0.39, 0.29) is 17.7 Å². The Morgan fingerprint density at radius 3 is 2.67 bits per heavy atom. The molecule has 0 spiro atoms. The van der Waals surface area contributed by atoms with Gasteiger partial charge in [0.2, 0.25) is 0 Å². The molecular formula is C23H34BrNO5. The lowest BCUT2D eigenvalue weighted by Crippen LogP contribution is -2.53. The molecule has 2 aliphatic heterocycles. The molecule has 0 unspecified atom stereocenters. The summed E-state index contributed by atoms with van der Waals surface area (Å²) in [5, 5.41) is 10.8. The van der Waals surface area contributed by atoms with Gasteiger partial charge in [-0.2, -0.15) is 0 Å². The van der Waals surface area contributed by atoms with Crippen LogP contribution in [0, 0.1) is 0 Å². The molecule has 1 aromatic carbocycles. The van der Waals surface area contributed by atoms with Crippen molar-refractivity contribution in [3.05, 3.63) is 21.7 Å². The minimum absolute atomic E-state index is 0.154. The van der Waals surface area contributed by atoms with Crippen LogP contribution in [-0.4, -0.2) is 67.3 Å². The summed E-state index contributed by atoms with van der Waals surface area (Å²) in [4.78, 5) is 2.43. The van der Waals surface area contributed by atoms with Crippen molar-refractivity contribution in [1.29, 1.82) is 0 Å². The molecule has 3 atom stereocenters. The summed E-state index contributed by atoms with van der Waals surface area (Å²) in [5.74, 6) is 1.46. The Balaban J connectivity index is 1.52. The van der Waals surface area contributed by atoms with Crippen molar-refractivity contribution in [3.63, 3.8) is 0 Å². The van der Waals surface area contributed by atoms with E-state index in [1.807, 2.05) is 20.8 Å². The van der Waals surface area contributed by atoms with E-state index in [4.69, 9.17) is 18.9 Å². The van der Waals surface area contributed by atoms with E-state index in [0.29, 0.717) is 25.7 Å². The van der Waals surface area contributed by atoms with Crippen LogP contribution in [0.4, 0.5) is 0 Å². The van der Waals surface area contributed by atoms with Crippen molar-refractivity contribution in [1.82, 2.24) is 4.90 Å². The van der Waals surface area contributed by atoms with Gasteiger partial charge >= 0.3 is 0 Å². The number of methoxy groups -OCH3 is 1. The fraction of sp³-hybridized carbons (Fsp3) is 0.739. The normalized spacial score (nSPS) is 26.8. The molecule has 0 radical (unpaired) electrons. The van der Waals surface area contributed by atoms with Gasteiger partial charge in [-0.05, 0) is 79.6 Å². The lowest BCUT2D eigenvalue weighted by atomic mass is 9.84. The summed E-state index contributed by atoms with van der Waals surface area (Å²) in [5.41, 5.74) is 2.19. The van der Waals surface area contributed by atoms with Gasteiger partial charge in [0.05, 0.1) is 42.1 Å². The smallest absolute Gasteiger partial charge is 0.175 e. The van der Waals surface area contributed by atoms with Crippen molar-refractivity contribution in [2.24, 2.45) is 0 Å². The first-order valence-electron chi connectivity index (χ1n) is 11.0. The highest BCUT2D eigenvalue weighted by atomic mass is 79.9. The molecule has 1 aromatic rings. The van der Waals surface area contributed by atoms with E-state index in [2.05, 4.69) is 26.9 Å². The summed E-state index contributed by atoms with van der Waals surface area (Å²) in [6.45, 7) is 8.88. The maximum Gasteiger partial charge on any atom is 0.175 e. The minimum Gasteiger partial charge on any atom is -0.493 e. The standard InChI is InChI=1S/C23H34BrNO5/c1-23(2,3)30-20-13-25-8-7-15-16(17(25)12-18(20)26)11-19(27-4)22(21(15)24)29-10-9-28-14-5-6-14/h11,14,17-18,20,26H,5-10,12-13H2,1-4H3/t17-,18-,20-/m1/s1. The summed E-state index contributed by atoms with van der Waals surface area (Å²) in [6, 6.07) is 2.24. The van der Waals surface area contributed by atoms with Crippen LogP contribution in [0.2, 0.25) is 0 Å². The number of aliphatic hydroxyl groups is 1. The van der Waals surface area contributed by atoms with E-state index in [9.17, 15) is 5.11 Å². The molecule has 2 fully saturated rings. The van der Waals surface area contributed by atoms with Crippen molar-refractivity contribution in [2.75, 3.05) is 33.4 Å². The van der Waals surface area contributed by atoms with E-state index >= 15 is 0 Å². The van der Waals surface area contributed by atoms with Crippen LogP contribution < -0.4 is 9.47 Å². The van der Waals surface area contributed by atoms with Crippen molar-refractivity contribution < 1.29 is 24.1 Å². The molecule has 0 amide bonds. The predicted molar refractivity (Wildman–Crippen MR) is 118 cm³/mol. The number of fused-ring (bicyclic) bond motifs is 3. The van der Waals surface area contributed by atoms with Crippen LogP contribution in [0.5, 0.6) is 11.5 Å². The van der Waals surface area contributed by atoms with Crippen LogP contribution >= 0.6 is 15.9 Å². The van der Waals surface area contributed by atoms with Gasteiger partial charge in [-0.1, -0.05) is 0 Å². The Hall–Kier alpha value is -0.860. The van der Waals surface area contributed by atoms with Gasteiger partial charge in [0.25, 0.3) is 0 Å². The van der Waals surface area contributed by atoms with Gasteiger partial charge in [0, 0.05) is 19.1 Å². The van der Waals surface area contributed by atoms with Crippen molar-refractivity contribution in [2.45, 2.75) is 76.4 Å². The topological polar surface area (TPSA) is 60.4 Å². The number of rotatable bonds is 7. The fourth-order valence-electron chi connectivity index (χ4n) is 4.50. The Kier molecular flexibility index (Phi) is 6.66. The first-order valence-corrected chi connectivity index (χ1v) is 11.8. The molecule has 2 heterocycles. The number of hydrogen-bond acceptors (Lipinski definition) is 6. The molecule has 30 heavy (non-hydrogen) atoms. The van der Waals surface area contributed by atoms with Gasteiger partial charge in [-0.3, -0.25) is 4.90 Å². The maximum absolute atomic E-state index is 10.8. The maximum atomic E-state index is 10.8. The zero-order chi connectivity index (χ0) is 21.5. The third kappa shape index (κ3) is 4.96. The van der Waals surface area contributed by atoms with E-state index in [1.165, 1.54) is 11.1 Å². The average molecular weight is 484 g/mol. The number of halogens is 1. The molecule has 1 aliphatic carbocycles. The predicted octanol–water partition coefficient (Wildman–Crippen LogP) is 3.86. The first kappa shape index (κ1) is 22.3. The second-order valence-electron chi connectivity index (χ2n) is 9.54. The zero-order valence-electron chi connectivity index (χ0n) is 18.4. The van der Waals surface area contributed by atoms with Gasteiger partial charge < -0.3 is 24.1 Å².